The van der Waals surface area contributed by atoms with E-state index in [1.165, 1.54) is 5.56 Å². The molecule has 1 atom stereocenters. The highest BCUT2D eigenvalue weighted by Gasteiger charge is 2.31. The van der Waals surface area contributed by atoms with E-state index < -0.39 is 5.60 Å². The van der Waals surface area contributed by atoms with Crippen LogP contribution in [0.4, 0.5) is 4.79 Å². The fourth-order valence-electron chi connectivity index (χ4n) is 3.05. The largest absolute Gasteiger partial charge is 0.444 e. The van der Waals surface area contributed by atoms with Crippen LogP contribution >= 0.6 is 0 Å². The molecule has 1 aliphatic heterocycles. The van der Waals surface area contributed by atoms with Crippen molar-refractivity contribution >= 4 is 6.09 Å². The van der Waals surface area contributed by atoms with E-state index in [4.69, 9.17) is 4.74 Å². The van der Waals surface area contributed by atoms with Crippen LogP contribution < -0.4 is 16.0 Å². The number of hydrogen-bond donors (Lipinski definition) is 3. The predicted octanol–water partition coefficient (Wildman–Crippen LogP) is 3.19. The molecule has 0 aromatic heterocycles. The molecule has 0 radical (unpaired) electrons. The van der Waals surface area contributed by atoms with Crippen molar-refractivity contribution in [2.45, 2.75) is 65.8 Å². The summed E-state index contributed by atoms with van der Waals surface area (Å²) in [4.78, 5) is 11.7. The van der Waals surface area contributed by atoms with Crippen molar-refractivity contribution in [1.82, 2.24) is 16.0 Å². The fraction of sp³-hybridized carbons (Fsp3) is 0.650. The van der Waals surface area contributed by atoms with Crippen molar-refractivity contribution in [3.05, 3.63) is 35.4 Å². The van der Waals surface area contributed by atoms with Crippen LogP contribution in [0.1, 0.15) is 52.2 Å². The van der Waals surface area contributed by atoms with Crippen molar-refractivity contribution in [1.29, 1.82) is 0 Å². The van der Waals surface area contributed by atoms with E-state index in [9.17, 15) is 4.79 Å². The van der Waals surface area contributed by atoms with Crippen LogP contribution in [0.25, 0.3) is 0 Å². The molecule has 3 N–H and O–H groups in total. The van der Waals surface area contributed by atoms with Crippen LogP contribution in [0.3, 0.4) is 0 Å². The van der Waals surface area contributed by atoms with Gasteiger partial charge in [-0.25, -0.2) is 4.79 Å². The summed E-state index contributed by atoms with van der Waals surface area (Å²) in [6.07, 6.45) is 0.775. The smallest absolute Gasteiger partial charge is 0.407 e. The molecule has 25 heavy (non-hydrogen) atoms. The minimum atomic E-state index is -0.470. The Morgan fingerprint density at radius 1 is 1.20 bits per heavy atom. The maximum Gasteiger partial charge on any atom is 0.407 e. The molecule has 1 heterocycles. The summed E-state index contributed by atoms with van der Waals surface area (Å²) < 4.78 is 5.24. The van der Waals surface area contributed by atoms with Gasteiger partial charge in [0.25, 0.3) is 0 Å². The van der Waals surface area contributed by atoms with Gasteiger partial charge in [0.2, 0.25) is 0 Å². The molecule has 1 unspecified atom stereocenters. The van der Waals surface area contributed by atoms with E-state index in [1.807, 2.05) is 20.8 Å². The summed E-state index contributed by atoms with van der Waals surface area (Å²) in [7, 11) is 0. The Bertz CT molecular complexity index is 561. The van der Waals surface area contributed by atoms with Gasteiger partial charge in [0.1, 0.15) is 5.60 Å². The average molecular weight is 348 g/mol. The topological polar surface area (TPSA) is 62.4 Å². The third-order valence-electron chi connectivity index (χ3n) is 4.55. The number of hydrogen-bond acceptors (Lipinski definition) is 4. The number of ether oxygens (including phenoxy) is 1. The highest BCUT2D eigenvalue weighted by Crippen LogP contribution is 2.25. The molecule has 0 spiro atoms. The normalized spacial score (nSPS) is 20.1. The maximum atomic E-state index is 11.7. The first-order chi connectivity index (χ1) is 11.7. The lowest BCUT2D eigenvalue weighted by Gasteiger charge is -2.39. The van der Waals surface area contributed by atoms with Gasteiger partial charge >= 0.3 is 6.09 Å². The summed E-state index contributed by atoms with van der Waals surface area (Å²) in [6, 6.07) is 8.88. The van der Waals surface area contributed by atoms with Gasteiger partial charge < -0.3 is 20.7 Å². The number of piperidine rings is 1. The van der Waals surface area contributed by atoms with Crippen LogP contribution in [-0.2, 0) is 17.8 Å². The average Bonchev–Trinajstić information content (AvgIpc) is 2.51. The zero-order valence-corrected chi connectivity index (χ0v) is 16.2. The first-order valence-electron chi connectivity index (χ1n) is 9.14. The lowest BCUT2D eigenvalue weighted by Crippen LogP contribution is -2.52. The first kappa shape index (κ1) is 19.7. The molecule has 0 bridgehead atoms. The van der Waals surface area contributed by atoms with Crippen LogP contribution in [0.5, 0.6) is 0 Å². The van der Waals surface area contributed by atoms with Crippen LogP contribution in [0.2, 0.25) is 0 Å². The van der Waals surface area contributed by atoms with Crippen LogP contribution in [0.15, 0.2) is 24.3 Å². The van der Waals surface area contributed by atoms with E-state index >= 15 is 0 Å². The lowest BCUT2D eigenvalue weighted by molar-refractivity contribution is 0.0523. The molecular weight excluding hydrogens is 314 g/mol. The zero-order chi connectivity index (χ0) is 18.5. The van der Waals surface area contributed by atoms with Gasteiger partial charge in [-0.05, 0) is 50.3 Å². The predicted molar refractivity (Wildman–Crippen MR) is 101 cm³/mol. The van der Waals surface area contributed by atoms with Gasteiger partial charge in [-0.2, -0.15) is 0 Å². The Balaban J connectivity index is 1.79. The minimum Gasteiger partial charge on any atom is -0.444 e. The summed E-state index contributed by atoms with van der Waals surface area (Å²) in [5, 5.41) is 9.94. The number of rotatable bonds is 5. The quantitative estimate of drug-likeness (QED) is 0.765. The third-order valence-corrected chi connectivity index (χ3v) is 4.55. The van der Waals surface area contributed by atoms with Crippen molar-refractivity contribution in [3.8, 4) is 0 Å². The van der Waals surface area contributed by atoms with Gasteiger partial charge in [0, 0.05) is 25.7 Å². The molecular formula is C20H33N3O2. The molecule has 1 amide bonds. The van der Waals surface area contributed by atoms with Crippen LogP contribution in [-0.4, -0.2) is 30.8 Å². The third kappa shape index (κ3) is 6.67. The van der Waals surface area contributed by atoms with E-state index in [0.29, 0.717) is 12.6 Å². The second kappa shape index (κ2) is 8.19. The van der Waals surface area contributed by atoms with E-state index in [0.717, 1.165) is 31.6 Å². The Morgan fingerprint density at radius 3 is 2.36 bits per heavy atom. The summed E-state index contributed by atoms with van der Waals surface area (Å²) in [6.45, 7) is 13.7. The van der Waals surface area contributed by atoms with Crippen molar-refractivity contribution in [2.75, 3.05) is 13.1 Å². The summed E-state index contributed by atoms with van der Waals surface area (Å²) in [5.74, 6) is 0. The second-order valence-corrected chi connectivity index (χ2v) is 8.56. The highest BCUT2D eigenvalue weighted by atomic mass is 16.6. The minimum absolute atomic E-state index is 0.273. The second-order valence-electron chi connectivity index (χ2n) is 8.56. The molecule has 1 aromatic carbocycles. The molecule has 1 aliphatic rings. The zero-order valence-electron chi connectivity index (χ0n) is 16.2. The summed E-state index contributed by atoms with van der Waals surface area (Å²) >= 11 is 0. The number of alkyl carbamates (subject to hydrolysis) is 1. The number of carbonyl (C=O) groups is 1. The molecule has 0 aliphatic carbocycles. The maximum absolute atomic E-state index is 11.7. The Hall–Kier alpha value is -1.59. The molecule has 1 aromatic rings. The molecule has 5 heteroatoms. The van der Waals surface area contributed by atoms with Crippen molar-refractivity contribution in [3.63, 3.8) is 0 Å². The highest BCUT2D eigenvalue weighted by molar-refractivity contribution is 5.67. The molecule has 5 nitrogen and oxygen atoms in total. The van der Waals surface area contributed by atoms with Gasteiger partial charge in [-0.3, -0.25) is 0 Å². The van der Waals surface area contributed by atoms with Gasteiger partial charge in [0.05, 0.1) is 0 Å². The number of nitrogens with one attached hydrogen (secondary N) is 3. The molecule has 1 fully saturated rings. The Kier molecular flexibility index (Phi) is 6.47. The van der Waals surface area contributed by atoms with Crippen molar-refractivity contribution < 1.29 is 9.53 Å². The Morgan fingerprint density at radius 2 is 1.80 bits per heavy atom. The SMILES string of the molecule is CC(C)(C)OC(=O)NCc1ccc(CNC2CCNCC2(C)C)cc1. The monoisotopic (exact) mass is 347 g/mol. The number of carbonyl (C=O) groups excluding carboxylic acids is 1. The van der Waals surface area contributed by atoms with Gasteiger partial charge in [-0.15, -0.1) is 0 Å². The van der Waals surface area contributed by atoms with Gasteiger partial charge in [-0.1, -0.05) is 38.1 Å². The fourth-order valence-corrected chi connectivity index (χ4v) is 3.05. The number of amides is 1. The van der Waals surface area contributed by atoms with E-state index in [2.05, 4.69) is 54.1 Å². The molecule has 2 rings (SSSR count). The lowest BCUT2D eigenvalue weighted by atomic mass is 9.80. The van der Waals surface area contributed by atoms with Gasteiger partial charge in [0.15, 0.2) is 0 Å². The summed E-state index contributed by atoms with van der Waals surface area (Å²) in [5.41, 5.74) is 2.13. The van der Waals surface area contributed by atoms with E-state index in [1.54, 1.807) is 0 Å². The number of benzene rings is 1. The molecule has 1 saturated heterocycles. The Labute approximate surface area is 151 Å². The molecule has 0 saturated carbocycles. The van der Waals surface area contributed by atoms with Crippen LogP contribution in [0, 0.1) is 5.41 Å². The first-order valence-corrected chi connectivity index (χ1v) is 9.14. The molecule has 140 valence electrons. The van der Waals surface area contributed by atoms with E-state index in [-0.39, 0.29) is 11.5 Å². The van der Waals surface area contributed by atoms with Crippen molar-refractivity contribution in [2.24, 2.45) is 5.41 Å². The standard InChI is InChI=1S/C20H33N3O2/c1-19(2,3)25-18(24)23-13-16-8-6-15(7-9-16)12-22-17-10-11-21-14-20(17,4)5/h6-9,17,21-22H,10-14H2,1-5H3,(H,23,24).